The maximum absolute atomic E-state index is 12.9. The Bertz CT molecular complexity index is 963. The lowest BCUT2D eigenvalue weighted by molar-refractivity contribution is 0.0939. The van der Waals surface area contributed by atoms with Gasteiger partial charge in [-0.15, -0.1) is 0 Å². The number of nitrogens with one attached hydrogen (secondary N) is 1. The minimum atomic E-state index is -3.56. The molecule has 2 aromatic carbocycles. The van der Waals surface area contributed by atoms with Crippen molar-refractivity contribution in [1.82, 2.24) is 9.62 Å². The van der Waals surface area contributed by atoms with Gasteiger partial charge in [0.2, 0.25) is 10.0 Å². The molecule has 0 aromatic heterocycles. The Morgan fingerprint density at radius 1 is 1.04 bits per heavy atom. The smallest absolute Gasteiger partial charge is 0.251 e. The van der Waals surface area contributed by atoms with Gasteiger partial charge in [0, 0.05) is 18.7 Å². The molecule has 6 heteroatoms. The molecule has 0 unspecified atom stereocenters. The van der Waals surface area contributed by atoms with E-state index in [9.17, 15) is 13.2 Å². The Labute approximate surface area is 167 Å². The number of piperidine rings is 1. The second-order valence-electron chi connectivity index (χ2n) is 7.55. The zero-order valence-electron chi connectivity index (χ0n) is 16.7. The molecule has 3 rings (SSSR count). The molecule has 1 atom stereocenters. The molecule has 0 spiro atoms. The lowest BCUT2D eigenvalue weighted by Gasteiger charge is -2.26. The average molecular weight is 401 g/mol. The Hall–Kier alpha value is -2.18. The summed E-state index contributed by atoms with van der Waals surface area (Å²) in [7, 11) is -3.56. The molecule has 1 fully saturated rings. The van der Waals surface area contributed by atoms with E-state index >= 15 is 0 Å². The topological polar surface area (TPSA) is 66.5 Å². The number of carbonyl (C=O) groups is 1. The SMILES string of the molecule is Cc1ccc([C@@H](C)NC(=O)c2cccc(S(=O)(=O)N3CCCCC3)c2)c(C)c1. The van der Waals surface area contributed by atoms with E-state index < -0.39 is 10.0 Å². The highest BCUT2D eigenvalue weighted by Gasteiger charge is 2.26. The molecule has 28 heavy (non-hydrogen) atoms. The zero-order valence-corrected chi connectivity index (χ0v) is 17.6. The highest BCUT2D eigenvalue weighted by Crippen LogP contribution is 2.22. The molecule has 0 bridgehead atoms. The van der Waals surface area contributed by atoms with Gasteiger partial charge in [0.05, 0.1) is 10.9 Å². The molecule has 1 aliphatic rings. The summed E-state index contributed by atoms with van der Waals surface area (Å²) in [4.78, 5) is 12.9. The first kappa shape index (κ1) is 20.6. The van der Waals surface area contributed by atoms with Gasteiger partial charge in [0.25, 0.3) is 5.91 Å². The maximum atomic E-state index is 12.9. The van der Waals surface area contributed by atoms with Crippen LogP contribution in [0.2, 0.25) is 0 Å². The van der Waals surface area contributed by atoms with E-state index in [1.165, 1.54) is 15.9 Å². The van der Waals surface area contributed by atoms with E-state index in [1.807, 2.05) is 32.9 Å². The number of sulfonamides is 1. The Balaban J connectivity index is 1.78. The van der Waals surface area contributed by atoms with Crippen molar-refractivity contribution in [3.63, 3.8) is 0 Å². The molecule has 0 saturated carbocycles. The van der Waals surface area contributed by atoms with Crippen LogP contribution in [0.4, 0.5) is 0 Å². The summed E-state index contributed by atoms with van der Waals surface area (Å²) in [5, 5.41) is 2.98. The number of hydrogen-bond acceptors (Lipinski definition) is 3. The number of hydrogen-bond donors (Lipinski definition) is 1. The van der Waals surface area contributed by atoms with Crippen LogP contribution < -0.4 is 5.32 Å². The van der Waals surface area contributed by atoms with Crippen molar-refractivity contribution in [2.75, 3.05) is 13.1 Å². The lowest BCUT2D eigenvalue weighted by Crippen LogP contribution is -2.35. The van der Waals surface area contributed by atoms with E-state index in [4.69, 9.17) is 0 Å². The molecule has 150 valence electrons. The van der Waals surface area contributed by atoms with Crippen LogP contribution in [0.1, 0.15) is 59.3 Å². The van der Waals surface area contributed by atoms with Crippen LogP contribution >= 0.6 is 0 Å². The molecule has 1 amide bonds. The van der Waals surface area contributed by atoms with Crippen molar-refractivity contribution >= 4 is 15.9 Å². The summed E-state index contributed by atoms with van der Waals surface area (Å²) in [6, 6.07) is 12.3. The van der Waals surface area contributed by atoms with Gasteiger partial charge in [-0.2, -0.15) is 4.31 Å². The molecule has 1 N–H and O–H groups in total. The van der Waals surface area contributed by atoms with Crippen LogP contribution in [-0.4, -0.2) is 31.7 Å². The third-order valence-electron chi connectivity index (χ3n) is 5.29. The van der Waals surface area contributed by atoms with E-state index in [-0.39, 0.29) is 16.8 Å². The fraction of sp³-hybridized carbons (Fsp3) is 0.409. The molecule has 5 nitrogen and oxygen atoms in total. The predicted molar refractivity (Wildman–Crippen MR) is 111 cm³/mol. The highest BCUT2D eigenvalue weighted by molar-refractivity contribution is 7.89. The van der Waals surface area contributed by atoms with Crippen molar-refractivity contribution in [2.45, 2.75) is 51.0 Å². The van der Waals surface area contributed by atoms with E-state index in [0.29, 0.717) is 18.7 Å². The van der Waals surface area contributed by atoms with Gasteiger partial charge in [0.1, 0.15) is 0 Å². The molecule has 2 aromatic rings. The number of benzene rings is 2. The number of rotatable bonds is 5. The molecule has 0 aliphatic carbocycles. The van der Waals surface area contributed by atoms with Crippen LogP contribution in [0.3, 0.4) is 0 Å². The highest BCUT2D eigenvalue weighted by atomic mass is 32.2. The zero-order chi connectivity index (χ0) is 20.3. The standard InChI is InChI=1S/C22H28N2O3S/c1-16-10-11-21(17(2)14-16)18(3)23-22(25)19-8-7-9-20(15-19)28(26,27)24-12-5-4-6-13-24/h7-11,14-15,18H,4-6,12-13H2,1-3H3,(H,23,25)/t18-/m1/s1. The minimum Gasteiger partial charge on any atom is -0.346 e. The summed E-state index contributed by atoms with van der Waals surface area (Å²) in [6.07, 6.45) is 2.82. The van der Waals surface area contributed by atoms with Gasteiger partial charge < -0.3 is 5.32 Å². The number of nitrogens with zero attached hydrogens (tertiary/aromatic N) is 1. The van der Waals surface area contributed by atoms with Crippen molar-refractivity contribution in [1.29, 1.82) is 0 Å². The van der Waals surface area contributed by atoms with Gasteiger partial charge in [-0.05, 0) is 62.9 Å². The van der Waals surface area contributed by atoms with Crippen molar-refractivity contribution in [3.05, 3.63) is 64.7 Å². The van der Waals surface area contributed by atoms with Gasteiger partial charge in [-0.25, -0.2) is 8.42 Å². The fourth-order valence-electron chi connectivity index (χ4n) is 3.72. The number of aryl methyl sites for hydroxylation is 2. The first-order valence-corrected chi connectivity index (χ1v) is 11.2. The van der Waals surface area contributed by atoms with Crippen LogP contribution in [0.5, 0.6) is 0 Å². The minimum absolute atomic E-state index is 0.171. The van der Waals surface area contributed by atoms with Gasteiger partial charge >= 0.3 is 0 Å². The maximum Gasteiger partial charge on any atom is 0.251 e. The summed E-state index contributed by atoms with van der Waals surface area (Å²) in [5.74, 6) is -0.275. The Morgan fingerprint density at radius 3 is 2.43 bits per heavy atom. The normalized spacial score (nSPS) is 16.5. The molecular formula is C22H28N2O3S. The average Bonchev–Trinajstić information content (AvgIpc) is 2.68. The number of carbonyl (C=O) groups excluding carboxylic acids is 1. The molecule has 1 aliphatic heterocycles. The summed E-state index contributed by atoms with van der Waals surface area (Å²) >= 11 is 0. The van der Waals surface area contributed by atoms with E-state index in [1.54, 1.807) is 18.2 Å². The summed E-state index contributed by atoms with van der Waals surface area (Å²) in [5.41, 5.74) is 3.70. The largest absolute Gasteiger partial charge is 0.346 e. The number of amides is 1. The molecule has 1 saturated heterocycles. The molecule has 1 heterocycles. The summed E-state index contributed by atoms with van der Waals surface area (Å²) < 4.78 is 27.3. The fourth-order valence-corrected chi connectivity index (χ4v) is 5.28. The Morgan fingerprint density at radius 2 is 1.75 bits per heavy atom. The van der Waals surface area contributed by atoms with Gasteiger partial charge in [-0.3, -0.25) is 4.79 Å². The van der Waals surface area contributed by atoms with Crippen molar-refractivity contribution in [2.24, 2.45) is 0 Å². The van der Waals surface area contributed by atoms with Crippen LogP contribution in [0, 0.1) is 13.8 Å². The van der Waals surface area contributed by atoms with Crippen LogP contribution in [0.25, 0.3) is 0 Å². The molecule has 0 radical (unpaired) electrons. The van der Waals surface area contributed by atoms with Crippen LogP contribution in [-0.2, 0) is 10.0 Å². The monoisotopic (exact) mass is 400 g/mol. The third kappa shape index (κ3) is 4.45. The third-order valence-corrected chi connectivity index (χ3v) is 7.18. The lowest BCUT2D eigenvalue weighted by atomic mass is 10.00. The van der Waals surface area contributed by atoms with Crippen LogP contribution in [0.15, 0.2) is 47.4 Å². The first-order chi connectivity index (χ1) is 13.3. The van der Waals surface area contributed by atoms with E-state index in [0.717, 1.165) is 30.4 Å². The van der Waals surface area contributed by atoms with Gasteiger partial charge in [0.15, 0.2) is 0 Å². The molecular weight excluding hydrogens is 372 g/mol. The second kappa shape index (κ2) is 8.45. The van der Waals surface area contributed by atoms with E-state index in [2.05, 4.69) is 11.4 Å². The van der Waals surface area contributed by atoms with Gasteiger partial charge in [-0.1, -0.05) is 36.2 Å². The first-order valence-electron chi connectivity index (χ1n) is 9.77. The quantitative estimate of drug-likeness (QED) is 0.826. The second-order valence-corrected chi connectivity index (χ2v) is 9.49. The predicted octanol–water partition coefficient (Wildman–Crippen LogP) is 3.97. The van der Waals surface area contributed by atoms with Crippen molar-refractivity contribution in [3.8, 4) is 0 Å². The summed E-state index contributed by atoms with van der Waals surface area (Å²) in [6.45, 7) is 7.08. The Kier molecular flexibility index (Phi) is 6.20. The van der Waals surface area contributed by atoms with Crippen molar-refractivity contribution < 1.29 is 13.2 Å².